The van der Waals surface area contributed by atoms with Crippen molar-refractivity contribution in [3.8, 4) is 0 Å². The summed E-state index contributed by atoms with van der Waals surface area (Å²) in [4.78, 5) is 4.87. The Labute approximate surface area is 165 Å². The van der Waals surface area contributed by atoms with Gasteiger partial charge in [-0.25, -0.2) is 8.42 Å². The van der Waals surface area contributed by atoms with Crippen molar-refractivity contribution in [1.82, 2.24) is 10.6 Å². The van der Waals surface area contributed by atoms with Crippen molar-refractivity contribution in [1.29, 1.82) is 0 Å². The maximum absolute atomic E-state index is 11.7. The van der Waals surface area contributed by atoms with Crippen molar-refractivity contribution in [3.05, 3.63) is 0 Å². The molecule has 0 aromatic rings. The molecule has 154 valence electrons. The maximum Gasteiger partial charge on any atom is 0.191 e. The Kier molecular flexibility index (Phi) is 6.30. The van der Waals surface area contributed by atoms with Crippen LogP contribution in [0, 0.1) is 17.8 Å². The smallest absolute Gasteiger partial charge is 0.191 e. The highest BCUT2D eigenvalue weighted by Crippen LogP contribution is 2.42. The number of hydrogen-bond acceptors (Lipinski definition) is 3. The second-order valence-electron chi connectivity index (χ2n) is 9.54. The van der Waals surface area contributed by atoms with Gasteiger partial charge in [-0.15, -0.1) is 0 Å². The first-order valence-corrected chi connectivity index (χ1v) is 13.2. The van der Waals surface area contributed by atoms with Crippen LogP contribution in [0.25, 0.3) is 0 Å². The van der Waals surface area contributed by atoms with Crippen LogP contribution in [0.1, 0.15) is 77.0 Å². The van der Waals surface area contributed by atoms with E-state index in [4.69, 9.17) is 4.99 Å². The quantitative estimate of drug-likeness (QED) is 0.566. The van der Waals surface area contributed by atoms with Crippen LogP contribution in [-0.2, 0) is 9.84 Å². The van der Waals surface area contributed by atoms with Crippen molar-refractivity contribution < 1.29 is 8.42 Å². The highest BCUT2D eigenvalue weighted by atomic mass is 32.2. The Balaban J connectivity index is 1.36. The zero-order valence-corrected chi connectivity index (χ0v) is 17.5. The van der Waals surface area contributed by atoms with Gasteiger partial charge in [0.05, 0.1) is 11.5 Å². The summed E-state index contributed by atoms with van der Waals surface area (Å²) < 4.78 is 23.5. The van der Waals surface area contributed by atoms with Crippen LogP contribution in [0.2, 0.25) is 0 Å². The molecule has 0 aromatic carbocycles. The van der Waals surface area contributed by atoms with E-state index in [2.05, 4.69) is 10.6 Å². The Morgan fingerprint density at radius 1 is 0.815 bits per heavy atom. The first-order chi connectivity index (χ1) is 13.1. The highest BCUT2D eigenvalue weighted by molar-refractivity contribution is 7.91. The van der Waals surface area contributed by atoms with Crippen molar-refractivity contribution >= 4 is 15.8 Å². The fraction of sp³-hybridized carbons (Fsp3) is 0.952. The molecule has 1 aliphatic heterocycles. The highest BCUT2D eigenvalue weighted by Gasteiger charge is 2.34. The number of aliphatic imine (C=N–C) groups is 1. The lowest BCUT2D eigenvalue weighted by Crippen LogP contribution is -2.49. The molecule has 6 heteroatoms. The minimum atomic E-state index is -2.82. The number of rotatable bonds is 4. The third kappa shape index (κ3) is 5.39. The molecule has 3 aliphatic carbocycles. The summed E-state index contributed by atoms with van der Waals surface area (Å²) in [6.07, 6.45) is 15.4. The van der Waals surface area contributed by atoms with Crippen LogP contribution in [-0.4, -0.2) is 44.5 Å². The molecule has 2 N–H and O–H groups in total. The summed E-state index contributed by atoms with van der Waals surface area (Å²) in [7, 11) is -2.82. The average molecular weight is 396 g/mol. The van der Waals surface area contributed by atoms with Crippen LogP contribution >= 0.6 is 0 Å². The van der Waals surface area contributed by atoms with E-state index in [0.717, 1.165) is 24.2 Å². The molecule has 3 saturated carbocycles. The molecule has 1 saturated heterocycles. The summed E-state index contributed by atoms with van der Waals surface area (Å²) >= 11 is 0. The molecule has 4 atom stereocenters. The van der Waals surface area contributed by atoms with Crippen LogP contribution < -0.4 is 10.6 Å². The van der Waals surface area contributed by atoms with Crippen molar-refractivity contribution in [2.24, 2.45) is 22.7 Å². The number of nitrogens with one attached hydrogen (secondary N) is 2. The van der Waals surface area contributed by atoms with Crippen LogP contribution in [0.4, 0.5) is 0 Å². The summed E-state index contributed by atoms with van der Waals surface area (Å²) in [5, 5.41) is 7.45. The van der Waals surface area contributed by atoms with Gasteiger partial charge in [-0.05, 0) is 56.3 Å². The topological polar surface area (TPSA) is 70.6 Å². The summed E-state index contributed by atoms with van der Waals surface area (Å²) in [5.74, 6) is 3.70. The van der Waals surface area contributed by atoms with Gasteiger partial charge >= 0.3 is 0 Å². The molecule has 0 bridgehead atoms. The van der Waals surface area contributed by atoms with Crippen molar-refractivity contribution in [2.75, 3.05) is 18.1 Å². The molecule has 4 unspecified atom stereocenters. The van der Waals surface area contributed by atoms with Gasteiger partial charge in [0.2, 0.25) is 0 Å². The van der Waals surface area contributed by atoms with E-state index in [1.54, 1.807) is 0 Å². The molecule has 0 amide bonds. The Morgan fingerprint density at radius 3 is 2.37 bits per heavy atom. The van der Waals surface area contributed by atoms with E-state index in [-0.39, 0.29) is 5.92 Å². The van der Waals surface area contributed by atoms with E-state index >= 15 is 0 Å². The van der Waals surface area contributed by atoms with Crippen molar-refractivity contribution in [3.63, 3.8) is 0 Å². The van der Waals surface area contributed by atoms with Crippen LogP contribution in [0.15, 0.2) is 4.99 Å². The molecule has 0 aromatic heterocycles. The van der Waals surface area contributed by atoms with Crippen LogP contribution in [0.3, 0.4) is 0 Å². The Bertz CT molecular complexity index is 627. The van der Waals surface area contributed by atoms with Crippen molar-refractivity contribution in [2.45, 2.75) is 89.1 Å². The number of hydrogen-bond donors (Lipinski definition) is 2. The second-order valence-corrected chi connectivity index (χ2v) is 11.8. The Morgan fingerprint density at radius 2 is 1.59 bits per heavy atom. The van der Waals surface area contributed by atoms with E-state index in [0.29, 0.717) is 30.1 Å². The molecule has 4 fully saturated rings. The van der Waals surface area contributed by atoms with Gasteiger partial charge in [0.15, 0.2) is 15.8 Å². The normalized spacial score (nSPS) is 37.1. The summed E-state index contributed by atoms with van der Waals surface area (Å²) in [6.45, 7) is 0.639. The van der Waals surface area contributed by atoms with Crippen LogP contribution in [0.5, 0.6) is 0 Å². The van der Waals surface area contributed by atoms with Gasteiger partial charge in [-0.3, -0.25) is 4.99 Å². The van der Waals surface area contributed by atoms with Gasteiger partial charge < -0.3 is 10.6 Å². The molecule has 4 aliphatic rings. The fourth-order valence-corrected chi connectivity index (χ4v) is 7.69. The standard InChI is InChI=1S/C21H37N3O2S/c25-27(26)12-11-16(15-27)14-22-21(23-19-7-2-1-3-8-19)24-20-10-9-17-5-4-6-18(17)13-20/h16-20H,1-15H2,(H2,22,23,24). The largest absolute Gasteiger partial charge is 0.354 e. The first kappa shape index (κ1) is 19.5. The zero-order valence-electron chi connectivity index (χ0n) is 16.7. The van der Waals surface area contributed by atoms with E-state index in [1.165, 1.54) is 70.6 Å². The molecule has 1 heterocycles. The van der Waals surface area contributed by atoms with Gasteiger partial charge in [-0.2, -0.15) is 0 Å². The Hall–Kier alpha value is -0.780. The van der Waals surface area contributed by atoms with E-state index < -0.39 is 9.84 Å². The molecular formula is C21H37N3O2S. The number of guanidine groups is 1. The minimum Gasteiger partial charge on any atom is -0.354 e. The summed E-state index contributed by atoms with van der Waals surface area (Å²) in [6, 6.07) is 1.06. The number of sulfone groups is 1. The van der Waals surface area contributed by atoms with Gasteiger partial charge in [0.25, 0.3) is 0 Å². The van der Waals surface area contributed by atoms with E-state index in [9.17, 15) is 8.42 Å². The lowest BCUT2D eigenvalue weighted by Gasteiger charge is -2.34. The monoisotopic (exact) mass is 395 g/mol. The molecule has 5 nitrogen and oxygen atoms in total. The van der Waals surface area contributed by atoms with Gasteiger partial charge in [-0.1, -0.05) is 38.5 Å². The first-order valence-electron chi connectivity index (χ1n) is 11.4. The number of nitrogens with zero attached hydrogens (tertiary/aromatic N) is 1. The van der Waals surface area contributed by atoms with E-state index in [1.807, 2.05) is 0 Å². The molecule has 4 rings (SSSR count). The summed E-state index contributed by atoms with van der Waals surface area (Å²) in [5.41, 5.74) is 0. The lowest BCUT2D eigenvalue weighted by atomic mass is 9.79. The van der Waals surface area contributed by atoms with Gasteiger partial charge in [0.1, 0.15) is 0 Å². The third-order valence-electron chi connectivity index (χ3n) is 7.41. The second kappa shape index (κ2) is 8.71. The minimum absolute atomic E-state index is 0.200. The SMILES string of the molecule is O=S1(=O)CCC(CN=C(NC2CCCCC2)NC2CCC3CCCC3C2)C1. The third-order valence-corrected chi connectivity index (χ3v) is 9.25. The zero-order chi connectivity index (χ0) is 18.7. The average Bonchev–Trinajstić information content (AvgIpc) is 3.26. The van der Waals surface area contributed by atoms with Gasteiger partial charge in [0, 0.05) is 18.6 Å². The molecular weight excluding hydrogens is 358 g/mol. The predicted molar refractivity (Wildman–Crippen MR) is 111 cm³/mol. The fourth-order valence-electron chi connectivity index (χ4n) is 5.84. The maximum atomic E-state index is 11.7. The number of fused-ring (bicyclic) bond motifs is 1. The molecule has 0 radical (unpaired) electrons. The lowest BCUT2D eigenvalue weighted by molar-refractivity contribution is 0.239. The molecule has 27 heavy (non-hydrogen) atoms. The molecule has 0 spiro atoms. The predicted octanol–water partition coefficient (Wildman–Crippen LogP) is 3.26.